The highest BCUT2D eigenvalue weighted by atomic mass is 16.5. The average Bonchev–Trinajstić information content (AvgIpc) is 2.58. The topological polar surface area (TPSA) is 61.8 Å². The molecule has 0 bridgehead atoms. The van der Waals surface area contributed by atoms with Gasteiger partial charge >= 0.3 is 0 Å². The number of rotatable bonds is 4. The quantitative estimate of drug-likeness (QED) is 0.883. The molecule has 2 aromatic carbocycles. The van der Waals surface area contributed by atoms with Crippen molar-refractivity contribution in [1.29, 1.82) is 0 Å². The van der Waals surface area contributed by atoms with E-state index in [4.69, 9.17) is 4.74 Å². The Morgan fingerprint density at radius 3 is 2.38 bits per heavy atom. The molecule has 2 unspecified atom stereocenters. The minimum Gasteiger partial charge on any atom is -0.507 e. The summed E-state index contributed by atoms with van der Waals surface area (Å²) < 4.78 is 5.80. The van der Waals surface area contributed by atoms with Gasteiger partial charge in [0.15, 0.2) is 0 Å². The van der Waals surface area contributed by atoms with Crippen molar-refractivity contribution in [3.05, 3.63) is 42.0 Å². The van der Waals surface area contributed by atoms with E-state index >= 15 is 0 Å². The smallest absolute Gasteiger partial charge is 0.255 e. The van der Waals surface area contributed by atoms with Gasteiger partial charge in [-0.15, -0.1) is 0 Å². The third kappa shape index (κ3) is 4.00. The Bertz CT molecular complexity index is 793. The van der Waals surface area contributed by atoms with Gasteiger partial charge in [-0.1, -0.05) is 24.3 Å². The summed E-state index contributed by atoms with van der Waals surface area (Å²) in [6.45, 7) is 10.6. The van der Waals surface area contributed by atoms with Gasteiger partial charge in [0, 0.05) is 25.2 Å². The maximum absolute atomic E-state index is 12.7. The fraction of sp³-hybridized carbons (Fsp3) is 0.476. The third-order valence-corrected chi connectivity index (χ3v) is 5.07. The van der Waals surface area contributed by atoms with Gasteiger partial charge in [0.05, 0.1) is 17.8 Å². The molecule has 0 aromatic heterocycles. The molecule has 1 amide bonds. The van der Waals surface area contributed by atoms with E-state index in [0.717, 1.165) is 23.9 Å². The Morgan fingerprint density at radius 1 is 1.19 bits per heavy atom. The van der Waals surface area contributed by atoms with Crippen molar-refractivity contribution in [2.45, 2.75) is 45.4 Å². The number of nitrogens with zero attached hydrogens (tertiary/aromatic N) is 1. The SMILES string of the molecule is CC1CN(C(C)(C)CNC(=O)c2cc3ccccc3cc2O)CC(C)O1. The molecule has 0 saturated carbocycles. The van der Waals surface area contributed by atoms with E-state index < -0.39 is 0 Å². The molecule has 1 aliphatic rings. The Hall–Kier alpha value is -2.11. The number of carbonyl (C=O) groups excluding carboxylic acids is 1. The molecule has 0 radical (unpaired) electrons. The van der Waals surface area contributed by atoms with E-state index in [2.05, 4.69) is 37.9 Å². The van der Waals surface area contributed by atoms with Crippen LogP contribution in [-0.4, -0.2) is 53.3 Å². The summed E-state index contributed by atoms with van der Waals surface area (Å²) in [5, 5.41) is 15.1. The van der Waals surface area contributed by atoms with Crippen LogP contribution in [0.1, 0.15) is 38.1 Å². The molecule has 1 saturated heterocycles. The molecule has 140 valence electrons. The third-order valence-electron chi connectivity index (χ3n) is 5.07. The Kier molecular flexibility index (Phi) is 5.21. The van der Waals surface area contributed by atoms with E-state index in [1.807, 2.05) is 24.3 Å². The second-order valence-corrected chi connectivity index (χ2v) is 7.87. The number of carbonyl (C=O) groups is 1. The van der Waals surface area contributed by atoms with Gasteiger partial charge in [0.2, 0.25) is 0 Å². The summed E-state index contributed by atoms with van der Waals surface area (Å²) in [5.74, 6) is -0.247. The van der Waals surface area contributed by atoms with Crippen LogP contribution >= 0.6 is 0 Å². The van der Waals surface area contributed by atoms with Crippen molar-refractivity contribution in [1.82, 2.24) is 10.2 Å². The first-order valence-electron chi connectivity index (χ1n) is 9.17. The summed E-state index contributed by atoms with van der Waals surface area (Å²) in [6.07, 6.45) is 0.358. The molecule has 2 atom stereocenters. The number of morpholine rings is 1. The first kappa shape index (κ1) is 18.7. The van der Waals surface area contributed by atoms with Crippen LogP contribution in [0.4, 0.5) is 0 Å². The highest BCUT2D eigenvalue weighted by molar-refractivity contribution is 6.01. The summed E-state index contributed by atoms with van der Waals surface area (Å²) in [5.41, 5.74) is 0.109. The zero-order valence-corrected chi connectivity index (χ0v) is 16.0. The zero-order valence-electron chi connectivity index (χ0n) is 16.0. The summed E-state index contributed by atoms with van der Waals surface area (Å²) in [7, 11) is 0. The van der Waals surface area contributed by atoms with Crippen molar-refractivity contribution in [3.8, 4) is 5.75 Å². The zero-order chi connectivity index (χ0) is 18.9. The number of fused-ring (bicyclic) bond motifs is 1. The number of hydrogen-bond donors (Lipinski definition) is 2. The molecule has 2 aromatic rings. The standard InChI is InChI=1S/C21H28N2O3/c1-14-11-23(12-15(2)26-14)21(3,4)13-22-20(25)18-9-16-7-5-6-8-17(16)10-19(18)24/h5-10,14-15,24H,11-13H2,1-4H3,(H,22,25). The maximum Gasteiger partial charge on any atom is 0.255 e. The monoisotopic (exact) mass is 356 g/mol. The largest absolute Gasteiger partial charge is 0.507 e. The normalized spacial score (nSPS) is 21.7. The minimum atomic E-state index is -0.254. The number of hydrogen-bond acceptors (Lipinski definition) is 4. The lowest BCUT2D eigenvalue weighted by Crippen LogP contribution is -2.58. The van der Waals surface area contributed by atoms with E-state index in [0.29, 0.717) is 12.1 Å². The number of aromatic hydroxyl groups is 1. The van der Waals surface area contributed by atoms with E-state index in [9.17, 15) is 9.90 Å². The van der Waals surface area contributed by atoms with E-state index in [-0.39, 0.29) is 29.4 Å². The van der Waals surface area contributed by atoms with Crippen molar-refractivity contribution < 1.29 is 14.6 Å². The van der Waals surface area contributed by atoms with Crippen LogP contribution in [-0.2, 0) is 4.74 Å². The molecule has 5 heteroatoms. The van der Waals surface area contributed by atoms with E-state index in [1.165, 1.54) is 0 Å². The lowest BCUT2D eigenvalue weighted by Gasteiger charge is -2.45. The molecule has 26 heavy (non-hydrogen) atoms. The van der Waals surface area contributed by atoms with Crippen LogP contribution in [0.15, 0.2) is 36.4 Å². The minimum absolute atomic E-state index is 0.00706. The summed E-state index contributed by atoms with van der Waals surface area (Å²) >= 11 is 0. The fourth-order valence-electron chi connectivity index (χ4n) is 3.59. The predicted octanol–water partition coefficient (Wildman–Crippen LogP) is 3.16. The number of benzene rings is 2. The van der Waals surface area contributed by atoms with Gasteiger partial charge in [-0.2, -0.15) is 0 Å². The molecule has 1 heterocycles. The molecule has 3 rings (SSSR count). The van der Waals surface area contributed by atoms with Crippen LogP contribution in [0.5, 0.6) is 5.75 Å². The number of phenolic OH excluding ortho intramolecular Hbond substituents is 1. The van der Waals surface area contributed by atoms with Gasteiger partial charge < -0.3 is 15.2 Å². The van der Waals surface area contributed by atoms with E-state index in [1.54, 1.807) is 12.1 Å². The molecular formula is C21H28N2O3. The average molecular weight is 356 g/mol. The van der Waals surface area contributed by atoms with Crippen molar-refractivity contribution in [2.24, 2.45) is 0 Å². The van der Waals surface area contributed by atoms with Gasteiger partial charge in [-0.05, 0) is 50.6 Å². The Balaban J connectivity index is 1.71. The lowest BCUT2D eigenvalue weighted by atomic mass is 9.99. The molecule has 0 spiro atoms. The van der Waals surface area contributed by atoms with Crippen LogP contribution in [0.3, 0.4) is 0 Å². The van der Waals surface area contributed by atoms with Crippen molar-refractivity contribution in [2.75, 3.05) is 19.6 Å². The highest BCUT2D eigenvalue weighted by Crippen LogP contribution is 2.25. The summed E-state index contributed by atoms with van der Waals surface area (Å²) in [4.78, 5) is 15.0. The molecule has 2 N–H and O–H groups in total. The van der Waals surface area contributed by atoms with Crippen molar-refractivity contribution >= 4 is 16.7 Å². The highest BCUT2D eigenvalue weighted by Gasteiger charge is 2.33. The maximum atomic E-state index is 12.7. The van der Waals surface area contributed by atoms with Gasteiger partial charge in [0.1, 0.15) is 5.75 Å². The fourth-order valence-corrected chi connectivity index (χ4v) is 3.59. The Labute approximate surface area is 155 Å². The number of ether oxygens (including phenoxy) is 1. The summed E-state index contributed by atoms with van der Waals surface area (Å²) in [6, 6.07) is 11.1. The predicted molar refractivity (Wildman–Crippen MR) is 104 cm³/mol. The van der Waals surface area contributed by atoms with Crippen LogP contribution in [0.2, 0.25) is 0 Å². The molecule has 5 nitrogen and oxygen atoms in total. The number of amides is 1. The first-order chi connectivity index (χ1) is 12.3. The molecular weight excluding hydrogens is 328 g/mol. The lowest BCUT2D eigenvalue weighted by molar-refractivity contribution is -0.0948. The second-order valence-electron chi connectivity index (χ2n) is 7.87. The molecule has 1 fully saturated rings. The van der Waals surface area contributed by atoms with Gasteiger partial charge in [0.25, 0.3) is 5.91 Å². The number of phenols is 1. The van der Waals surface area contributed by atoms with Crippen LogP contribution in [0.25, 0.3) is 10.8 Å². The number of nitrogens with one attached hydrogen (secondary N) is 1. The van der Waals surface area contributed by atoms with Crippen LogP contribution in [0, 0.1) is 0 Å². The van der Waals surface area contributed by atoms with Gasteiger partial charge in [-0.25, -0.2) is 0 Å². The van der Waals surface area contributed by atoms with Crippen molar-refractivity contribution in [3.63, 3.8) is 0 Å². The van der Waals surface area contributed by atoms with Gasteiger partial charge in [-0.3, -0.25) is 9.69 Å². The molecule has 1 aliphatic heterocycles. The Morgan fingerprint density at radius 2 is 1.77 bits per heavy atom. The second kappa shape index (κ2) is 7.25. The first-order valence-corrected chi connectivity index (χ1v) is 9.17. The van der Waals surface area contributed by atoms with Crippen LogP contribution < -0.4 is 5.32 Å². The molecule has 0 aliphatic carbocycles.